The molecule has 0 aliphatic carbocycles. The normalized spacial score (nSPS) is 10.6. The van der Waals surface area contributed by atoms with Gasteiger partial charge in [-0.05, 0) is 182 Å². The van der Waals surface area contributed by atoms with Gasteiger partial charge in [0.05, 0.1) is 24.6 Å². The highest BCUT2D eigenvalue weighted by Crippen LogP contribution is 2.23. The molecule has 714 valence electrons. The maximum absolute atomic E-state index is 5.61. The van der Waals surface area contributed by atoms with Crippen LogP contribution in [0.15, 0.2) is 112 Å². The molecule has 2 N–H and O–H groups in total. The van der Waals surface area contributed by atoms with Crippen molar-refractivity contribution in [2.24, 2.45) is 21.1 Å². The number of hydrogen-bond acceptors (Lipinski definition) is 27. The zero-order chi connectivity index (χ0) is 96.5. The molecule has 0 radical (unpaired) electrons. The Balaban J connectivity index is 0.00000136. The molecule has 0 bridgehead atoms. The van der Waals surface area contributed by atoms with Gasteiger partial charge in [0.2, 0.25) is 24.1 Å². The number of aromatic nitrogens is 30. The van der Waals surface area contributed by atoms with Crippen molar-refractivity contribution in [2.75, 3.05) is 14.1 Å². The summed E-state index contributed by atoms with van der Waals surface area (Å²) in [5.74, 6) is 13.2. The Bertz CT molecular complexity index is 4490. The van der Waals surface area contributed by atoms with Crippen LogP contribution in [0.1, 0.15) is 392 Å². The maximum atomic E-state index is 5.61. The lowest BCUT2D eigenvalue weighted by molar-refractivity contribution is 0.338. The summed E-state index contributed by atoms with van der Waals surface area (Å²) in [6.45, 7) is 75.7. The van der Waals surface area contributed by atoms with E-state index in [4.69, 9.17) is 13.3 Å². The zero-order valence-corrected chi connectivity index (χ0v) is 86.2. The summed E-state index contributed by atoms with van der Waals surface area (Å²) < 4.78 is 29.0. The summed E-state index contributed by atoms with van der Waals surface area (Å²) in [7, 11) is 10.0. The fourth-order valence-corrected chi connectivity index (χ4v) is 11.8. The molecule has 14 aromatic heterocycles. The molecule has 0 atom stereocenters. The summed E-state index contributed by atoms with van der Waals surface area (Å²) in [5, 5.41) is 75.0. The summed E-state index contributed by atoms with van der Waals surface area (Å²) in [4.78, 5) is 18.1. The van der Waals surface area contributed by atoms with Crippen LogP contribution in [0.4, 0.5) is 0 Å². The Morgan fingerprint density at radius 3 is 1.36 bits per heavy atom. The molecule has 0 unspecified atom stereocenters. The van der Waals surface area contributed by atoms with E-state index in [1.165, 1.54) is 40.2 Å². The van der Waals surface area contributed by atoms with Crippen molar-refractivity contribution >= 4 is 22.7 Å². The Morgan fingerprint density at radius 2 is 1.12 bits per heavy atom. The van der Waals surface area contributed by atoms with Gasteiger partial charge in [-0.15, -0.1) is 73.7 Å². The average molecular weight is 1810 g/mol. The van der Waals surface area contributed by atoms with E-state index in [-0.39, 0.29) is 7.43 Å². The fourth-order valence-electron chi connectivity index (χ4n) is 10.5. The molecule has 14 heterocycles. The minimum atomic E-state index is 0. The summed E-state index contributed by atoms with van der Waals surface area (Å²) in [6.07, 6.45) is 21.2. The third kappa shape index (κ3) is 47.3. The van der Waals surface area contributed by atoms with Crippen LogP contribution in [0, 0.1) is 55.4 Å². The Labute approximate surface area is 773 Å². The number of hydrogen-bond donors (Lipinski definition) is 2. The highest BCUT2D eigenvalue weighted by molar-refractivity contribution is 7.11. The van der Waals surface area contributed by atoms with Crippen LogP contribution in [0.2, 0.25) is 0 Å². The van der Waals surface area contributed by atoms with E-state index >= 15 is 0 Å². The second-order valence-electron chi connectivity index (χ2n) is 34.5. The first kappa shape index (κ1) is 117. The van der Waals surface area contributed by atoms with E-state index in [0.717, 1.165) is 62.1 Å². The van der Waals surface area contributed by atoms with E-state index in [2.05, 4.69) is 319 Å². The number of aryl methyl sites for hydroxylation is 10. The van der Waals surface area contributed by atoms with E-state index in [1.54, 1.807) is 71.4 Å². The van der Waals surface area contributed by atoms with Crippen molar-refractivity contribution in [2.45, 2.75) is 347 Å². The van der Waals surface area contributed by atoms with Gasteiger partial charge in [0.25, 0.3) is 0 Å². The molecule has 14 aromatic rings. The first-order valence-corrected chi connectivity index (χ1v) is 45.4. The largest absolute Gasteiger partial charge is 0.464 e. The molecule has 0 spiro atoms. The monoisotopic (exact) mass is 1810 g/mol. The minimum Gasteiger partial charge on any atom is -0.464 e. The van der Waals surface area contributed by atoms with Crippen molar-refractivity contribution in [3.8, 4) is 0 Å². The van der Waals surface area contributed by atoms with Crippen molar-refractivity contribution in [3.05, 3.63) is 206 Å². The Morgan fingerprint density at radius 1 is 0.484 bits per heavy atom. The molecule has 0 aliphatic heterocycles. The number of nitrogens with zero attached hydrogens (tertiary/aromatic N) is 29. The van der Waals surface area contributed by atoms with Crippen LogP contribution in [-0.2, 0) is 27.7 Å². The molecular weight excluding hydrogens is 1650 g/mol. The van der Waals surface area contributed by atoms with Gasteiger partial charge < -0.3 is 27.3 Å². The van der Waals surface area contributed by atoms with Crippen LogP contribution in [0.5, 0.6) is 0 Å². The number of nitrogens with one attached hydrogen (secondary N) is 2. The van der Waals surface area contributed by atoms with Gasteiger partial charge in [0.1, 0.15) is 87.0 Å². The Hall–Kier alpha value is -10.7. The minimum absolute atomic E-state index is 0. The van der Waals surface area contributed by atoms with Crippen LogP contribution in [0.3, 0.4) is 0 Å². The molecule has 0 aromatic carbocycles. The van der Waals surface area contributed by atoms with Gasteiger partial charge in [0, 0.05) is 124 Å². The lowest BCUT2D eigenvalue weighted by Crippen LogP contribution is -2.09. The predicted octanol–water partition coefficient (Wildman–Crippen LogP) is 22.4. The standard InChI is InChI=1S/C10H17NO.2C8H14N2.2C7H12N2.3C6H11N3.C6H10N2O.C6H10N2S.C6H10N2.C5H9N3.C5H8N2O.C5H8N2S.CH4/c1-8(2)10-6-5-9(12-10)7-11(3)4;1-6(2)8-5-9-7(3)10(8)4;1-5(2)8-6(3)9-10-7(8)4;1-6(2)7-4-8-9(3)5-7;1-6(2)7-4-5-8-9(7)3;1-5(2)9-4-7-8-6(9)3;1-5(2)9-4-7-6(3)8-9;1-5(2)9-6(3)7-4-8-9;2*1-4(2)6-8-7-5(3)9-6;1-5(2)6-3-7-8-4-6;1-5(2)8-4-6-3-7-8;2*1-4(2)5-7-6-3-8-5;/h5-6,8H,7H2,1-4H3;5-6H,1-4H3;5H,1-4H3,(H,9,10);2*4-6H,1-3H3;3*4-5H,1-3H3;2*4H,1-3H3;3-5H,1-2H3,(H,7,8);3-5H,1-2H3;2*3-4H,1-2H3;1H4. The van der Waals surface area contributed by atoms with E-state index in [1.807, 2.05) is 164 Å². The van der Waals surface area contributed by atoms with Gasteiger partial charge in [-0.2, -0.15) is 35.7 Å². The van der Waals surface area contributed by atoms with Crippen LogP contribution in [-0.4, -0.2) is 168 Å². The second kappa shape index (κ2) is 62.4. The van der Waals surface area contributed by atoms with Crippen LogP contribution >= 0.6 is 22.7 Å². The van der Waals surface area contributed by atoms with Crippen molar-refractivity contribution in [3.63, 3.8) is 0 Å². The quantitative estimate of drug-likeness (QED) is 0.0907. The molecule has 0 saturated carbocycles. The zero-order valence-electron chi connectivity index (χ0n) is 84.5. The molecule has 128 heavy (non-hydrogen) atoms. The summed E-state index contributed by atoms with van der Waals surface area (Å²) in [6, 6.07) is 7.90. The smallest absolute Gasteiger partial charge is 0.219 e. The predicted molar refractivity (Wildman–Crippen MR) is 518 cm³/mol. The maximum Gasteiger partial charge on any atom is 0.219 e. The lowest BCUT2D eigenvalue weighted by atomic mass is 10.0. The summed E-state index contributed by atoms with van der Waals surface area (Å²) >= 11 is 3.28. The van der Waals surface area contributed by atoms with E-state index < -0.39 is 0 Å². The van der Waals surface area contributed by atoms with E-state index in [0.29, 0.717) is 101 Å². The Kier molecular flexibility index (Phi) is 57.2. The molecule has 0 amide bonds. The van der Waals surface area contributed by atoms with E-state index in [9.17, 15) is 0 Å². The van der Waals surface area contributed by atoms with Crippen LogP contribution in [0.25, 0.3) is 0 Å². The molecule has 34 nitrogen and oxygen atoms in total. The van der Waals surface area contributed by atoms with Crippen molar-refractivity contribution in [1.29, 1.82) is 0 Å². The lowest BCUT2D eigenvalue weighted by Gasteiger charge is -2.06. The van der Waals surface area contributed by atoms with Gasteiger partial charge in [-0.3, -0.25) is 28.9 Å². The third-order valence-corrected chi connectivity index (χ3v) is 20.0. The SMILES string of the molecule is C.CC(C)c1ccc(CN(C)C)o1.CC(C)c1ccnn1C.CC(C)c1cn[nH]c1.CC(C)c1cnn(C)c1.CC(C)c1nnco1.CC(C)c1nncs1.CC(C)n1cncn1.Cc1n[nH]c(C)c1C(C)C.Cc1ncc(C(C)C)n1C.Cc1ncn(C(C)C)n1.Cc1ncnn1C(C)C.Cc1nnc(C(C)C)o1.Cc1nnc(C(C)C)s1.Cc1nncn1C(C)C. The van der Waals surface area contributed by atoms with Gasteiger partial charge in [-0.25, -0.2) is 24.6 Å². The fraction of sp³-hybridized carbons (Fsp3) is 0.620. The molecular formula is C92H161N31O3S2. The molecule has 36 heteroatoms. The number of furan rings is 1. The van der Waals surface area contributed by atoms with Crippen LogP contribution < -0.4 is 0 Å². The molecule has 14 rings (SSSR count). The first-order chi connectivity index (χ1) is 59.5. The van der Waals surface area contributed by atoms with Gasteiger partial charge in [-0.1, -0.05) is 146 Å². The first-order valence-electron chi connectivity index (χ1n) is 43.7. The summed E-state index contributed by atoms with van der Waals surface area (Å²) in [5.41, 5.74) is 10.6. The van der Waals surface area contributed by atoms with Crippen molar-refractivity contribution < 1.29 is 13.3 Å². The third-order valence-electron chi connectivity index (χ3n) is 17.8. The van der Waals surface area contributed by atoms with Gasteiger partial charge in [0.15, 0.2) is 0 Å². The number of rotatable bonds is 16. The number of aromatic amines is 2. The average Bonchev–Trinajstić information content (AvgIpc) is 1.72. The number of imidazole rings is 1. The molecule has 0 fully saturated rings. The highest BCUT2D eigenvalue weighted by atomic mass is 32.1. The van der Waals surface area contributed by atoms with Crippen molar-refractivity contribution in [1.82, 2.24) is 154 Å². The highest BCUT2D eigenvalue weighted by Gasteiger charge is 2.13. The van der Waals surface area contributed by atoms with Gasteiger partial charge >= 0.3 is 0 Å². The molecule has 0 aliphatic rings. The second-order valence-corrected chi connectivity index (χ2v) is 36.6. The molecule has 0 saturated heterocycles. The number of H-pyrrole nitrogens is 2. The topological polar surface area (TPSA) is 379 Å².